The predicted octanol–water partition coefficient (Wildman–Crippen LogP) is -0.200. The van der Waals surface area contributed by atoms with Gasteiger partial charge in [-0.3, -0.25) is 4.79 Å². The number of carbonyl (C=O) groups excluding carboxylic acids is 1. The Balaban J connectivity index is 3.83. The van der Waals surface area contributed by atoms with Gasteiger partial charge in [-0.05, 0) is 6.42 Å². The van der Waals surface area contributed by atoms with Crippen LogP contribution in [0.5, 0.6) is 0 Å². The molecule has 0 saturated heterocycles. The minimum atomic E-state index is -1.05. The Labute approximate surface area is 59.2 Å². The van der Waals surface area contributed by atoms with Gasteiger partial charge < -0.3 is 10.4 Å². The molecule has 1 amide bonds. The van der Waals surface area contributed by atoms with E-state index in [4.69, 9.17) is 5.11 Å². The molecular weight excluding hydrogens is 134 g/mol. The van der Waals surface area contributed by atoms with Crippen LogP contribution in [0.3, 0.4) is 0 Å². The molecule has 0 aromatic rings. The van der Waals surface area contributed by atoms with Crippen LogP contribution in [0.25, 0.3) is 0 Å². The lowest BCUT2D eigenvalue weighted by molar-refractivity contribution is -0.141. The van der Waals surface area contributed by atoms with Crippen molar-refractivity contribution < 1.29 is 14.7 Å². The zero-order valence-electron chi connectivity index (χ0n) is 5.76. The number of nitrogens with one attached hydrogen (secondary N) is 1. The molecule has 4 heteroatoms. The van der Waals surface area contributed by atoms with Crippen LogP contribution in [-0.2, 0) is 9.59 Å². The van der Waals surface area contributed by atoms with Gasteiger partial charge in [-0.1, -0.05) is 6.92 Å². The number of aliphatic carboxylic acids is 1. The fraction of sp³-hybridized carbons (Fsp3) is 0.500. The first kappa shape index (κ1) is 8.94. The number of carboxylic acids is 1. The van der Waals surface area contributed by atoms with Gasteiger partial charge in [0.15, 0.2) is 0 Å². The molecule has 0 spiro atoms. The van der Waals surface area contributed by atoms with E-state index >= 15 is 0 Å². The van der Waals surface area contributed by atoms with Gasteiger partial charge in [0.05, 0.1) is 0 Å². The van der Waals surface area contributed by atoms with Crippen molar-refractivity contribution in [3.8, 4) is 0 Å². The lowest BCUT2D eigenvalue weighted by atomic mass is 10.2. The molecule has 0 saturated carbocycles. The van der Waals surface area contributed by atoms with Crippen molar-refractivity contribution in [3.05, 3.63) is 6.92 Å². The summed E-state index contributed by atoms with van der Waals surface area (Å²) in [5, 5.41) is 10.6. The van der Waals surface area contributed by atoms with Gasteiger partial charge in [-0.25, -0.2) is 4.79 Å². The largest absolute Gasteiger partial charge is 0.480 e. The molecule has 0 fully saturated rings. The predicted molar refractivity (Wildman–Crippen MR) is 35.2 cm³/mol. The van der Waals surface area contributed by atoms with E-state index < -0.39 is 12.0 Å². The quantitative estimate of drug-likeness (QED) is 0.576. The smallest absolute Gasteiger partial charge is 0.326 e. The van der Waals surface area contributed by atoms with Crippen LogP contribution in [0.15, 0.2) is 0 Å². The van der Waals surface area contributed by atoms with E-state index in [0.29, 0.717) is 0 Å². The molecule has 0 aliphatic heterocycles. The fourth-order valence-corrected chi connectivity index (χ4v) is 0.503. The topological polar surface area (TPSA) is 66.4 Å². The van der Waals surface area contributed by atoms with E-state index in [-0.39, 0.29) is 12.3 Å². The van der Waals surface area contributed by atoms with Gasteiger partial charge in [-0.15, -0.1) is 0 Å². The highest BCUT2D eigenvalue weighted by Gasteiger charge is 2.14. The minimum Gasteiger partial charge on any atom is -0.480 e. The molecular formula is C6H10NO3. The van der Waals surface area contributed by atoms with Crippen molar-refractivity contribution in [2.75, 3.05) is 0 Å². The summed E-state index contributed by atoms with van der Waals surface area (Å²) in [6.07, 6.45) is 0.162. The van der Waals surface area contributed by atoms with Gasteiger partial charge in [0.25, 0.3) is 0 Å². The van der Waals surface area contributed by atoms with Crippen molar-refractivity contribution in [1.29, 1.82) is 0 Å². The highest BCUT2D eigenvalue weighted by molar-refractivity contribution is 5.82. The molecule has 0 bridgehead atoms. The second kappa shape index (κ2) is 3.87. The second-order valence-corrected chi connectivity index (χ2v) is 1.88. The van der Waals surface area contributed by atoms with E-state index in [1.54, 1.807) is 0 Å². The van der Waals surface area contributed by atoms with Gasteiger partial charge in [0, 0.05) is 6.92 Å². The summed E-state index contributed by atoms with van der Waals surface area (Å²) in [7, 11) is 0. The Hall–Kier alpha value is -1.06. The summed E-state index contributed by atoms with van der Waals surface area (Å²) in [6, 6.07) is -0.850. The second-order valence-electron chi connectivity index (χ2n) is 1.88. The Kier molecular flexibility index (Phi) is 3.46. The molecule has 0 aromatic heterocycles. The molecule has 0 aliphatic carbocycles. The summed E-state index contributed by atoms with van der Waals surface area (Å²) in [6.45, 7) is 4.63. The monoisotopic (exact) mass is 144 g/mol. The van der Waals surface area contributed by atoms with Gasteiger partial charge in [0.1, 0.15) is 6.04 Å². The van der Waals surface area contributed by atoms with Gasteiger partial charge in [0.2, 0.25) is 5.91 Å². The first-order valence-electron chi connectivity index (χ1n) is 2.87. The maximum absolute atomic E-state index is 10.3. The highest BCUT2D eigenvalue weighted by Crippen LogP contribution is 1.88. The summed E-state index contributed by atoms with van der Waals surface area (Å²) in [5.41, 5.74) is 0. The zero-order chi connectivity index (χ0) is 8.15. The Morgan fingerprint density at radius 1 is 1.70 bits per heavy atom. The lowest BCUT2D eigenvalue weighted by Gasteiger charge is -2.08. The number of rotatable bonds is 3. The highest BCUT2D eigenvalue weighted by atomic mass is 16.4. The van der Waals surface area contributed by atoms with Crippen LogP contribution in [0.2, 0.25) is 0 Å². The third-order valence-electron chi connectivity index (χ3n) is 0.964. The van der Waals surface area contributed by atoms with Crippen LogP contribution in [0.1, 0.15) is 13.3 Å². The summed E-state index contributed by atoms with van der Waals surface area (Å²) in [5.74, 6) is -1.40. The Morgan fingerprint density at radius 3 is 2.30 bits per heavy atom. The van der Waals surface area contributed by atoms with Crippen molar-refractivity contribution >= 4 is 11.9 Å². The van der Waals surface area contributed by atoms with Gasteiger partial charge in [-0.2, -0.15) is 0 Å². The van der Waals surface area contributed by atoms with Crippen LogP contribution >= 0.6 is 0 Å². The van der Waals surface area contributed by atoms with Crippen molar-refractivity contribution in [2.45, 2.75) is 19.4 Å². The average molecular weight is 144 g/mol. The maximum Gasteiger partial charge on any atom is 0.326 e. The third-order valence-corrected chi connectivity index (χ3v) is 0.964. The molecule has 4 nitrogen and oxygen atoms in total. The number of carboxylic acid groups (broad SMARTS) is 1. The van der Waals surface area contributed by atoms with E-state index in [2.05, 4.69) is 12.2 Å². The SMILES string of the molecule is [CH2]CC(NC(C)=O)C(=O)O. The molecule has 0 rings (SSSR count). The fourth-order valence-electron chi connectivity index (χ4n) is 0.503. The number of hydrogen-bond donors (Lipinski definition) is 2. The Morgan fingerprint density at radius 2 is 2.20 bits per heavy atom. The summed E-state index contributed by atoms with van der Waals surface area (Å²) < 4.78 is 0. The molecule has 10 heavy (non-hydrogen) atoms. The molecule has 0 aromatic carbocycles. The first-order chi connectivity index (χ1) is 4.57. The van der Waals surface area contributed by atoms with Crippen molar-refractivity contribution in [3.63, 3.8) is 0 Å². The summed E-state index contributed by atoms with van der Waals surface area (Å²) in [4.78, 5) is 20.5. The molecule has 1 radical (unpaired) electrons. The Bertz CT molecular complexity index is 144. The first-order valence-corrected chi connectivity index (χ1v) is 2.87. The van der Waals surface area contributed by atoms with E-state index in [1.807, 2.05) is 0 Å². The van der Waals surface area contributed by atoms with Gasteiger partial charge >= 0.3 is 5.97 Å². The normalized spacial score (nSPS) is 12.2. The minimum absolute atomic E-state index is 0.162. The molecule has 1 unspecified atom stereocenters. The standard InChI is InChI=1S/C6H10NO3/c1-3-5(6(9)10)7-4(2)8/h5H,1,3H2,2H3,(H,7,8)(H,9,10). The molecule has 1 atom stereocenters. The molecule has 0 aliphatic rings. The number of amides is 1. The zero-order valence-corrected chi connectivity index (χ0v) is 5.76. The molecule has 57 valence electrons. The molecule has 2 N–H and O–H groups in total. The molecule has 0 heterocycles. The number of hydrogen-bond acceptors (Lipinski definition) is 2. The number of carbonyl (C=O) groups is 2. The maximum atomic E-state index is 10.3. The van der Waals surface area contributed by atoms with E-state index in [1.165, 1.54) is 6.92 Å². The van der Waals surface area contributed by atoms with Crippen LogP contribution in [0, 0.1) is 6.92 Å². The van der Waals surface area contributed by atoms with Crippen LogP contribution in [-0.4, -0.2) is 23.0 Å². The van der Waals surface area contributed by atoms with Crippen LogP contribution < -0.4 is 5.32 Å². The average Bonchev–Trinajstić information content (AvgIpc) is 1.81. The van der Waals surface area contributed by atoms with Crippen molar-refractivity contribution in [2.24, 2.45) is 0 Å². The van der Waals surface area contributed by atoms with E-state index in [0.717, 1.165) is 0 Å². The van der Waals surface area contributed by atoms with Crippen LogP contribution in [0.4, 0.5) is 0 Å². The van der Waals surface area contributed by atoms with Crippen molar-refractivity contribution in [1.82, 2.24) is 5.32 Å². The summed E-state index contributed by atoms with van der Waals surface area (Å²) >= 11 is 0. The third kappa shape index (κ3) is 3.06. The lowest BCUT2D eigenvalue weighted by Crippen LogP contribution is -2.38. The van der Waals surface area contributed by atoms with E-state index in [9.17, 15) is 9.59 Å².